The van der Waals surface area contributed by atoms with Crippen molar-refractivity contribution in [3.05, 3.63) is 42.2 Å². The zero-order valence-corrected chi connectivity index (χ0v) is 18.2. The van der Waals surface area contributed by atoms with Crippen molar-refractivity contribution in [1.29, 1.82) is 0 Å². The zero-order chi connectivity index (χ0) is 21.9. The van der Waals surface area contributed by atoms with Crippen LogP contribution in [0.4, 0.5) is 11.8 Å². The molecule has 0 bridgehead atoms. The number of rotatable bonds is 8. The number of amides is 1. The summed E-state index contributed by atoms with van der Waals surface area (Å²) in [5.41, 5.74) is 2.63. The lowest BCUT2D eigenvalue weighted by molar-refractivity contribution is -0.127. The van der Waals surface area contributed by atoms with Crippen LogP contribution >= 0.6 is 0 Å². The average Bonchev–Trinajstić information content (AvgIpc) is 3.56. The molecule has 0 radical (unpaired) electrons. The summed E-state index contributed by atoms with van der Waals surface area (Å²) >= 11 is 0. The van der Waals surface area contributed by atoms with E-state index in [1.165, 1.54) is 0 Å². The Morgan fingerprint density at radius 2 is 1.97 bits per heavy atom. The predicted octanol–water partition coefficient (Wildman–Crippen LogP) is 2.02. The van der Waals surface area contributed by atoms with Crippen molar-refractivity contribution in [1.82, 2.24) is 24.4 Å². The van der Waals surface area contributed by atoms with Crippen LogP contribution in [0.25, 0.3) is 11.2 Å². The molecule has 0 saturated carbocycles. The molecule has 9 nitrogen and oxygen atoms in total. The van der Waals surface area contributed by atoms with E-state index in [-0.39, 0.29) is 18.6 Å². The lowest BCUT2D eigenvalue weighted by Gasteiger charge is -2.23. The van der Waals surface area contributed by atoms with Gasteiger partial charge in [-0.25, -0.2) is 4.98 Å². The molecule has 4 heterocycles. The van der Waals surface area contributed by atoms with Crippen LogP contribution in [0, 0.1) is 0 Å². The Hall–Kier alpha value is -3.20. The van der Waals surface area contributed by atoms with Gasteiger partial charge in [0, 0.05) is 39.1 Å². The largest absolute Gasteiger partial charge is 0.394 e. The number of nitrogens with one attached hydrogen (secondary N) is 1. The average molecular weight is 436 g/mol. The quantitative estimate of drug-likeness (QED) is 0.558. The van der Waals surface area contributed by atoms with Gasteiger partial charge in [-0.3, -0.25) is 4.79 Å². The summed E-state index contributed by atoms with van der Waals surface area (Å²) in [6, 6.07) is 10.2. The highest BCUT2D eigenvalue weighted by atomic mass is 16.3. The van der Waals surface area contributed by atoms with E-state index in [2.05, 4.69) is 27.3 Å². The number of benzene rings is 1. The number of aromatic nitrogens is 4. The molecule has 2 saturated heterocycles. The molecular weight excluding hydrogens is 406 g/mol. The van der Waals surface area contributed by atoms with E-state index in [1.807, 2.05) is 27.7 Å². The molecule has 2 fully saturated rings. The van der Waals surface area contributed by atoms with E-state index in [0.29, 0.717) is 37.8 Å². The molecule has 32 heavy (non-hydrogen) atoms. The van der Waals surface area contributed by atoms with E-state index in [1.54, 1.807) is 6.33 Å². The van der Waals surface area contributed by atoms with Crippen LogP contribution in [0.15, 0.2) is 36.7 Å². The summed E-state index contributed by atoms with van der Waals surface area (Å²) in [7, 11) is 0. The normalized spacial score (nSPS) is 18.8. The summed E-state index contributed by atoms with van der Waals surface area (Å²) in [5, 5.41) is 13.2. The van der Waals surface area contributed by atoms with Crippen molar-refractivity contribution >= 4 is 28.8 Å². The van der Waals surface area contributed by atoms with Gasteiger partial charge < -0.3 is 24.8 Å². The molecule has 0 spiro atoms. The summed E-state index contributed by atoms with van der Waals surface area (Å²) in [4.78, 5) is 30.3. The fraction of sp³-hybridized carbons (Fsp3) is 0.478. The van der Waals surface area contributed by atoms with Crippen molar-refractivity contribution in [2.24, 2.45) is 0 Å². The standard InChI is InChI=1S/C23H29N7O2/c31-15-18-8-4-11-30(18)23-26-21(24-14-17-6-2-1-3-7-17)20-22(27-23)29(16-25-20)13-12-28-10-5-9-19(28)32/h1-3,6-7,16,18,31H,4-5,8-15H2,(H,24,26,27). The number of carbonyl (C=O) groups is 1. The molecule has 0 aliphatic carbocycles. The predicted molar refractivity (Wildman–Crippen MR) is 122 cm³/mol. The Morgan fingerprint density at radius 1 is 1.09 bits per heavy atom. The minimum absolute atomic E-state index is 0.0352. The number of hydrogen-bond donors (Lipinski definition) is 2. The Balaban J connectivity index is 1.46. The van der Waals surface area contributed by atoms with E-state index in [9.17, 15) is 9.90 Å². The number of aliphatic hydroxyl groups is 1. The van der Waals surface area contributed by atoms with Gasteiger partial charge in [0.2, 0.25) is 11.9 Å². The molecular formula is C23H29N7O2. The maximum Gasteiger partial charge on any atom is 0.229 e. The van der Waals surface area contributed by atoms with Crippen molar-refractivity contribution in [2.75, 3.05) is 36.5 Å². The van der Waals surface area contributed by atoms with Crippen molar-refractivity contribution < 1.29 is 9.90 Å². The molecule has 1 unspecified atom stereocenters. The number of carbonyl (C=O) groups excluding carboxylic acids is 1. The molecule has 5 rings (SSSR count). The van der Waals surface area contributed by atoms with Gasteiger partial charge in [-0.15, -0.1) is 0 Å². The van der Waals surface area contributed by atoms with Gasteiger partial charge in [0.25, 0.3) is 0 Å². The highest BCUT2D eigenvalue weighted by molar-refractivity contribution is 5.84. The van der Waals surface area contributed by atoms with Crippen molar-refractivity contribution in [3.63, 3.8) is 0 Å². The Morgan fingerprint density at radius 3 is 2.75 bits per heavy atom. The van der Waals surface area contributed by atoms with E-state index in [0.717, 1.165) is 49.1 Å². The maximum atomic E-state index is 12.0. The van der Waals surface area contributed by atoms with Crippen LogP contribution < -0.4 is 10.2 Å². The van der Waals surface area contributed by atoms with Crippen LogP contribution in [-0.4, -0.2) is 67.7 Å². The second-order valence-corrected chi connectivity index (χ2v) is 8.48. The van der Waals surface area contributed by atoms with Crippen molar-refractivity contribution in [2.45, 2.75) is 44.8 Å². The first-order chi connectivity index (χ1) is 15.7. The maximum absolute atomic E-state index is 12.0. The SMILES string of the molecule is O=C1CCCN1CCn1cnc2c(NCc3ccccc3)nc(N3CCCC3CO)nc21. The first-order valence-electron chi connectivity index (χ1n) is 11.4. The topological polar surface area (TPSA) is 99.4 Å². The zero-order valence-electron chi connectivity index (χ0n) is 18.2. The van der Waals surface area contributed by atoms with Crippen LogP contribution in [0.1, 0.15) is 31.2 Å². The molecule has 3 aromatic rings. The second-order valence-electron chi connectivity index (χ2n) is 8.48. The van der Waals surface area contributed by atoms with Crippen LogP contribution in [0.5, 0.6) is 0 Å². The number of anilines is 2. The number of imidazole rings is 1. The molecule has 1 atom stereocenters. The Kier molecular flexibility index (Phi) is 5.89. The first-order valence-corrected chi connectivity index (χ1v) is 11.4. The van der Waals surface area contributed by atoms with Gasteiger partial charge in [0.15, 0.2) is 17.0 Å². The third-order valence-electron chi connectivity index (χ3n) is 6.38. The van der Waals surface area contributed by atoms with Gasteiger partial charge >= 0.3 is 0 Å². The fourth-order valence-corrected chi connectivity index (χ4v) is 4.59. The summed E-state index contributed by atoms with van der Waals surface area (Å²) in [6.07, 6.45) is 5.30. The van der Waals surface area contributed by atoms with Crippen molar-refractivity contribution in [3.8, 4) is 0 Å². The molecule has 2 N–H and O–H groups in total. The smallest absolute Gasteiger partial charge is 0.229 e. The number of aliphatic hydroxyl groups excluding tert-OH is 1. The lowest BCUT2D eigenvalue weighted by Crippen LogP contribution is -2.33. The van der Waals surface area contributed by atoms with Crippen LogP contribution in [0.3, 0.4) is 0 Å². The summed E-state index contributed by atoms with van der Waals surface area (Å²) in [5.74, 6) is 1.52. The lowest BCUT2D eigenvalue weighted by atomic mass is 10.2. The molecule has 168 valence electrons. The molecule has 2 aliphatic heterocycles. The molecule has 2 aliphatic rings. The second kappa shape index (κ2) is 9.12. The number of likely N-dealkylation sites (tertiary alicyclic amines) is 1. The molecule has 1 amide bonds. The first kappa shape index (κ1) is 20.7. The number of nitrogens with zero attached hydrogens (tertiary/aromatic N) is 6. The Bertz CT molecular complexity index is 1080. The minimum atomic E-state index is 0.0352. The summed E-state index contributed by atoms with van der Waals surface area (Å²) < 4.78 is 2.00. The number of fused-ring (bicyclic) bond motifs is 1. The Labute approximate surface area is 187 Å². The van der Waals surface area contributed by atoms with Crippen LogP contribution in [0.2, 0.25) is 0 Å². The van der Waals surface area contributed by atoms with E-state index in [4.69, 9.17) is 9.97 Å². The molecule has 9 heteroatoms. The van der Waals surface area contributed by atoms with Gasteiger partial charge in [-0.05, 0) is 24.8 Å². The van der Waals surface area contributed by atoms with Gasteiger partial charge in [0.1, 0.15) is 0 Å². The third kappa shape index (κ3) is 4.12. The fourth-order valence-electron chi connectivity index (χ4n) is 4.59. The van der Waals surface area contributed by atoms with Gasteiger partial charge in [-0.2, -0.15) is 9.97 Å². The highest BCUT2D eigenvalue weighted by Crippen LogP contribution is 2.28. The van der Waals surface area contributed by atoms with E-state index < -0.39 is 0 Å². The summed E-state index contributed by atoms with van der Waals surface area (Å²) in [6.45, 7) is 3.65. The highest BCUT2D eigenvalue weighted by Gasteiger charge is 2.28. The van der Waals surface area contributed by atoms with Gasteiger partial charge in [0.05, 0.1) is 19.0 Å². The minimum Gasteiger partial charge on any atom is -0.394 e. The third-order valence-corrected chi connectivity index (χ3v) is 6.38. The molecule has 2 aromatic heterocycles. The molecule has 1 aromatic carbocycles. The van der Waals surface area contributed by atoms with Gasteiger partial charge in [-0.1, -0.05) is 30.3 Å². The number of hydrogen-bond acceptors (Lipinski definition) is 7. The van der Waals surface area contributed by atoms with E-state index >= 15 is 0 Å². The van der Waals surface area contributed by atoms with Crippen LogP contribution in [-0.2, 0) is 17.9 Å². The monoisotopic (exact) mass is 435 g/mol.